The number of hydrogen-bond donors (Lipinski definition) is 1. The van der Waals surface area contributed by atoms with Crippen molar-refractivity contribution < 1.29 is 23.0 Å². The molecule has 0 amide bonds. The van der Waals surface area contributed by atoms with E-state index in [4.69, 9.17) is 19.2 Å². The molecule has 8 nitrogen and oxygen atoms in total. The highest BCUT2D eigenvalue weighted by Crippen LogP contribution is 2.42. The van der Waals surface area contributed by atoms with Gasteiger partial charge in [-0.1, -0.05) is 23.5 Å². The molecule has 200 valence electrons. The molecule has 2 heterocycles. The van der Waals surface area contributed by atoms with Gasteiger partial charge in [0.25, 0.3) is 0 Å². The Bertz CT molecular complexity index is 1660. The van der Waals surface area contributed by atoms with E-state index >= 15 is 4.39 Å². The number of rotatable bonds is 9. The van der Waals surface area contributed by atoms with Gasteiger partial charge in [-0.15, -0.1) is 10.2 Å². The molecule has 6 rings (SSSR count). The first-order valence-electron chi connectivity index (χ1n) is 12.3. The Labute approximate surface area is 227 Å². The lowest BCUT2D eigenvalue weighted by Gasteiger charge is -2.13. The highest BCUT2D eigenvalue weighted by atomic mass is 32.1. The van der Waals surface area contributed by atoms with Gasteiger partial charge in [0, 0.05) is 24.1 Å². The fourth-order valence-electron chi connectivity index (χ4n) is 4.65. The third-order valence-electron chi connectivity index (χ3n) is 6.56. The van der Waals surface area contributed by atoms with E-state index in [2.05, 4.69) is 15.5 Å². The third-order valence-corrected chi connectivity index (χ3v) is 7.40. The Morgan fingerprint density at radius 3 is 2.41 bits per heavy atom. The average molecular weight is 550 g/mol. The van der Waals surface area contributed by atoms with Crippen LogP contribution in [0, 0.1) is 11.6 Å². The zero-order valence-corrected chi connectivity index (χ0v) is 22.3. The molecule has 11 heteroatoms. The van der Waals surface area contributed by atoms with Crippen molar-refractivity contribution in [3.8, 4) is 28.6 Å². The molecule has 0 unspecified atom stereocenters. The van der Waals surface area contributed by atoms with Crippen molar-refractivity contribution in [1.29, 1.82) is 0 Å². The molecular weight excluding hydrogens is 524 g/mol. The highest BCUT2D eigenvalue weighted by molar-refractivity contribution is 7.15. The molecular formula is C28H25F2N5O3S. The van der Waals surface area contributed by atoms with Crippen LogP contribution in [0.15, 0.2) is 48.5 Å². The lowest BCUT2D eigenvalue weighted by molar-refractivity contribution is 0.324. The first kappa shape index (κ1) is 25.1. The number of benzene rings is 3. The predicted molar refractivity (Wildman–Crippen MR) is 145 cm³/mol. The van der Waals surface area contributed by atoms with E-state index in [1.807, 2.05) is 22.8 Å². The van der Waals surface area contributed by atoms with E-state index in [1.165, 1.54) is 29.5 Å². The van der Waals surface area contributed by atoms with Crippen molar-refractivity contribution in [2.75, 3.05) is 26.6 Å². The fourth-order valence-corrected chi connectivity index (χ4v) is 5.43. The number of nitrogens with one attached hydrogen (secondary N) is 1. The summed E-state index contributed by atoms with van der Waals surface area (Å²) in [5, 5.41) is 12.7. The van der Waals surface area contributed by atoms with Gasteiger partial charge in [0.1, 0.15) is 22.5 Å². The standard InChI is InChI=1S/C28H25F2N5O3S/c1-36-23-9-15(10-24(37-2)26(23)38-3)11-25-33-34-28(39-25)32-20-14-21-22(13-19(20)30)35(18-7-8-18)27(31-21)16-5-4-6-17(29)12-16/h4-6,9-10,12-14,18H,7-8,11H2,1-3H3,(H,32,34). The molecule has 0 spiro atoms. The van der Waals surface area contributed by atoms with Crippen molar-refractivity contribution in [2.24, 2.45) is 0 Å². The molecule has 5 aromatic rings. The smallest absolute Gasteiger partial charge is 0.210 e. The minimum atomic E-state index is -0.434. The van der Waals surface area contributed by atoms with Crippen LogP contribution in [0.3, 0.4) is 0 Å². The molecule has 1 fully saturated rings. The van der Waals surface area contributed by atoms with E-state index in [-0.39, 0.29) is 17.5 Å². The Hall–Kier alpha value is -4.25. The van der Waals surface area contributed by atoms with Gasteiger partial charge in [0.2, 0.25) is 10.9 Å². The number of aromatic nitrogens is 4. The summed E-state index contributed by atoms with van der Waals surface area (Å²) in [7, 11) is 4.68. The van der Waals surface area contributed by atoms with Gasteiger partial charge >= 0.3 is 0 Å². The second kappa shape index (κ2) is 10.1. The highest BCUT2D eigenvalue weighted by Gasteiger charge is 2.29. The maximum atomic E-state index is 15.3. The number of nitrogens with zero attached hydrogens (tertiary/aromatic N) is 4. The molecule has 1 N–H and O–H groups in total. The van der Waals surface area contributed by atoms with Crippen molar-refractivity contribution in [2.45, 2.75) is 25.3 Å². The zero-order valence-electron chi connectivity index (χ0n) is 21.5. The lowest BCUT2D eigenvalue weighted by Crippen LogP contribution is -1.98. The van der Waals surface area contributed by atoms with Crippen LogP contribution >= 0.6 is 11.3 Å². The van der Waals surface area contributed by atoms with Crippen LogP contribution in [0.4, 0.5) is 19.6 Å². The normalized spacial score (nSPS) is 13.1. The molecule has 0 radical (unpaired) electrons. The Kier molecular flexibility index (Phi) is 6.51. The minimum absolute atomic E-state index is 0.229. The van der Waals surface area contributed by atoms with Crippen LogP contribution in [0.25, 0.3) is 22.4 Å². The maximum absolute atomic E-state index is 15.3. The van der Waals surface area contributed by atoms with E-state index in [1.54, 1.807) is 33.5 Å². The van der Waals surface area contributed by atoms with Crippen LogP contribution < -0.4 is 19.5 Å². The molecule has 0 aliphatic heterocycles. The van der Waals surface area contributed by atoms with Crippen LogP contribution in [-0.2, 0) is 6.42 Å². The first-order chi connectivity index (χ1) is 19.0. The fraction of sp³-hybridized carbons (Fsp3) is 0.250. The van der Waals surface area contributed by atoms with E-state index in [0.717, 1.165) is 23.4 Å². The summed E-state index contributed by atoms with van der Waals surface area (Å²) in [5.41, 5.74) is 3.10. The zero-order chi connectivity index (χ0) is 27.1. The molecule has 0 atom stereocenters. The number of ether oxygens (including phenoxy) is 3. The van der Waals surface area contributed by atoms with Gasteiger partial charge in [-0.2, -0.15) is 0 Å². The van der Waals surface area contributed by atoms with E-state index in [9.17, 15) is 4.39 Å². The summed E-state index contributed by atoms with van der Waals surface area (Å²) in [6, 6.07) is 13.4. The molecule has 1 aliphatic rings. The summed E-state index contributed by atoms with van der Waals surface area (Å²) in [6.45, 7) is 0. The summed E-state index contributed by atoms with van der Waals surface area (Å²) in [4.78, 5) is 4.76. The summed E-state index contributed by atoms with van der Waals surface area (Å²) >= 11 is 1.32. The van der Waals surface area contributed by atoms with Gasteiger partial charge in [0.15, 0.2) is 11.5 Å². The average Bonchev–Trinajstić information content (AvgIpc) is 3.57. The Balaban J connectivity index is 1.28. The van der Waals surface area contributed by atoms with Gasteiger partial charge in [0.05, 0.1) is 38.1 Å². The second-order valence-electron chi connectivity index (χ2n) is 9.20. The largest absolute Gasteiger partial charge is 0.493 e. The van der Waals surface area contributed by atoms with Gasteiger partial charge < -0.3 is 24.1 Å². The van der Waals surface area contributed by atoms with Crippen LogP contribution in [-0.4, -0.2) is 41.1 Å². The summed E-state index contributed by atoms with van der Waals surface area (Å²) in [5.74, 6) is 1.47. The lowest BCUT2D eigenvalue weighted by atomic mass is 10.1. The second-order valence-corrected chi connectivity index (χ2v) is 10.3. The number of imidazole rings is 1. The number of halogens is 2. The monoisotopic (exact) mass is 549 g/mol. The van der Waals surface area contributed by atoms with Crippen molar-refractivity contribution >= 4 is 33.2 Å². The number of anilines is 2. The Morgan fingerprint density at radius 1 is 0.974 bits per heavy atom. The van der Waals surface area contributed by atoms with Gasteiger partial charge in [-0.3, -0.25) is 0 Å². The number of methoxy groups -OCH3 is 3. The van der Waals surface area contributed by atoms with Gasteiger partial charge in [-0.05, 0) is 48.7 Å². The minimum Gasteiger partial charge on any atom is -0.493 e. The van der Waals surface area contributed by atoms with Crippen LogP contribution in [0.2, 0.25) is 0 Å². The molecule has 2 aromatic heterocycles. The third kappa shape index (κ3) is 4.85. The SMILES string of the molecule is COc1cc(Cc2nnc(Nc3cc4nc(-c5cccc(F)c5)n(C5CC5)c4cc3F)s2)cc(OC)c1OC. The Morgan fingerprint density at radius 2 is 1.74 bits per heavy atom. The van der Waals surface area contributed by atoms with Crippen molar-refractivity contribution in [3.05, 3.63) is 70.7 Å². The molecule has 1 saturated carbocycles. The molecule has 1 aliphatic carbocycles. The first-order valence-corrected chi connectivity index (χ1v) is 13.1. The number of hydrogen-bond acceptors (Lipinski definition) is 8. The maximum Gasteiger partial charge on any atom is 0.210 e. The predicted octanol–water partition coefficient (Wildman–Crippen LogP) is 6.53. The van der Waals surface area contributed by atoms with Crippen molar-refractivity contribution in [1.82, 2.24) is 19.7 Å². The topological polar surface area (TPSA) is 83.3 Å². The molecule has 39 heavy (non-hydrogen) atoms. The van der Waals surface area contributed by atoms with Crippen molar-refractivity contribution in [3.63, 3.8) is 0 Å². The van der Waals surface area contributed by atoms with Gasteiger partial charge in [-0.25, -0.2) is 13.8 Å². The summed E-state index contributed by atoms with van der Waals surface area (Å²) < 4.78 is 47.5. The van der Waals surface area contributed by atoms with E-state index in [0.29, 0.717) is 51.2 Å². The van der Waals surface area contributed by atoms with Crippen LogP contribution in [0.1, 0.15) is 29.5 Å². The molecule has 0 bridgehead atoms. The number of fused-ring (bicyclic) bond motifs is 1. The van der Waals surface area contributed by atoms with Crippen LogP contribution in [0.5, 0.6) is 17.2 Å². The summed E-state index contributed by atoms with van der Waals surface area (Å²) in [6.07, 6.45) is 2.43. The molecule has 3 aromatic carbocycles. The molecule has 0 saturated heterocycles. The quantitative estimate of drug-likeness (QED) is 0.224. The van der Waals surface area contributed by atoms with E-state index < -0.39 is 5.82 Å².